The molecule has 14 heavy (non-hydrogen) atoms. The van der Waals surface area contributed by atoms with Crippen molar-refractivity contribution in [2.24, 2.45) is 0 Å². The Balaban J connectivity index is 0.00000169. The van der Waals surface area contributed by atoms with E-state index in [1.165, 1.54) is 5.56 Å². The molecular formula is C11H15ClN2. The maximum absolute atomic E-state index is 8.62. The zero-order chi connectivity index (χ0) is 9.68. The van der Waals surface area contributed by atoms with Gasteiger partial charge in [-0.15, -0.1) is 12.4 Å². The number of rotatable bonds is 3. The van der Waals surface area contributed by atoms with Gasteiger partial charge >= 0.3 is 0 Å². The highest BCUT2D eigenvalue weighted by Gasteiger charge is 2.06. The van der Waals surface area contributed by atoms with Gasteiger partial charge in [-0.2, -0.15) is 5.26 Å². The Labute approximate surface area is 91.4 Å². The van der Waals surface area contributed by atoms with Crippen LogP contribution in [-0.2, 0) is 0 Å². The molecule has 2 nitrogen and oxygen atoms in total. The Hall–Kier alpha value is -1.04. The number of nitriles is 1. The Bertz CT molecular complexity index is 292. The third-order valence-corrected chi connectivity index (χ3v) is 1.99. The second-order valence-electron chi connectivity index (χ2n) is 3.15. The maximum Gasteiger partial charge on any atom is 0.0929 e. The summed E-state index contributed by atoms with van der Waals surface area (Å²) in [6, 6.07) is 12.4. The van der Waals surface area contributed by atoms with E-state index in [-0.39, 0.29) is 24.5 Å². The summed E-state index contributed by atoms with van der Waals surface area (Å²) in [5.41, 5.74) is 1.21. The zero-order valence-electron chi connectivity index (χ0n) is 8.40. The molecule has 76 valence electrons. The highest BCUT2D eigenvalue weighted by molar-refractivity contribution is 5.85. The largest absolute Gasteiger partial charge is 0.296 e. The average molecular weight is 211 g/mol. The molecule has 0 saturated heterocycles. The molecule has 0 heterocycles. The molecular weight excluding hydrogens is 196 g/mol. The van der Waals surface area contributed by atoms with Crippen LogP contribution in [0.1, 0.15) is 25.5 Å². The standard InChI is InChI=1S/C11H14N2.ClH/c1-9(8-12)13-10(2)11-6-4-3-5-7-11;/h3-7,9-10,13H,1-2H3;1H/t9?,10-;/m1./s1. The number of halogens is 1. The Morgan fingerprint density at radius 3 is 2.29 bits per heavy atom. The first-order valence-corrected chi connectivity index (χ1v) is 4.44. The molecule has 0 spiro atoms. The van der Waals surface area contributed by atoms with Crippen molar-refractivity contribution in [1.29, 1.82) is 5.26 Å². The topological polar surface area (TPSA) is 35.8 Å². The highest BCUT2D eigenvalue weighted by atomic mass is 35.5. The van der Waals surface area contributed by atoms with Gasteiger partial charge in [0.2, 0.25) is 0 Å². The van der Waals surface area contributed by atoms with Crippen molar-refractivity contribution in [3.05, 3.63) is 35.9 Å². The lowest BCUT2D eigenvalue weighted by Crippen LogP contribution is -2.27. The van der Waals surface area contributed by atoms with Gasteiger partial charge in [0, 0.05) is 6.04 Å². The minimum atomic E-state index is -0.102. The first kappa shape index (κ1) is 13.0. The predicted molar refractivity (Wildman–Crippen MR) is 60.3 cm³/mol. The van der Waals surface area contributed by atoms with E-state index in [9.17, 15) is 0 Å². The lowest BCUT2D eigenvalue weighted by atomic mass is 10.1. The molecule has 0 bridgehead atoms. The fourth-order valence-electron chi connectivity index (χ4n) is 1.25. The van der Waals surface area contributed by atoms with Gasteiger partial charge in [-0.05, 0) is 19.4 Å². The van der Waals surface area contributed by atoms with Gasteiger partial charge in [0.15, 0.2) is 0 Å². The molecule has 0 saturated carbocycles. The minimum Gasteiger partial charge on any atom is -0.296 e. The molecule has 1 rings (SSSR count). The molecule has 0 radical (unpaired) electrons. The van der Waals surface area contributed by atoms with Gasteiger partial charge in [0.1, 0.15) is 0 Å². The number of hydrogen-bond acceptors (Lipinski definition) is 2. The van der Waals surface area contributed by atoms with Gasteiger partial charge in [0.05, 0.1) is 12.1 Å². The second kappa shape index (κ2) is 6.42. The van der Waals surface area contributed by atoms with Crippen LogP contribution in [0.25, 0.3) is 0 Å². The van der Waals surface area contributed by atoms with Crippen LogP contribution in [-0.4, -0.2) is 6.04 Å². The zero-order valence-corrected chi connectivity index (χ0v) is 9.21. The molecule has 0 aromatic heterocycles. The smallest absolute Gasteiger partial charge is 0.0929 e. The summed E-state index contributed by atoms with van der Waals surface area (Å²) >= 11 is 0. The molecule has 3 heteroatoms. The third kappa shape index (κ3) is 3.78. The Morgan fingerprint density at radius 1 is 1.21 bits per heavy atom. The van der Waals surface area contributed by atoms with E-state index in [2.05, 4.69) is 30.4 Å². The van der Waals surface area contributed by atoms with Gasteiger partial charge in [0.25, 0.3) is 0 Å². The van der Waals surface area contributed by atoms with Crippen LogP contribution >= 0.6 is 12.4 Å². The second-order valence-corrected chi connectivity index (χ2v) is 3.15. The van der Waals surface area contributed by atoms with Crippen molar-refractivity contribution in [3.8, 4) is 6.07 Å². The number of hydrogen-bond donors (Lipinski definition) is 1. The number of benzene rings is 1. The number of nitrogens with zero attached hydrogens (tertiary/aromatic N) is 1. The van der Waals surface area contributed by atoms with Crippen LogP contribution in [0.15, 0.2) is 30.3 Å². The maximum atomic E-state index is 8.62. The molecule has 1 unspecified atom stereocenters. The Morgan fingerprint density at radius 2 is 1.79 bits per heavy atom. The van der Waals surface area contributed by atoms with Crippen LogP contribution in [0.3, 0.4) is 0 Å². The summed E-state index contributed by atoms with van der Waals surface area (Å²) < 4.78 is 0. The van der Waals surface area contributed by atoms with E-state index in [0.29, 0.717) is 0 Å². The normalized spacial score (nSPS) is 13.5. The fraction of sp³-hybridized carbons (Fsp3) is 0.364. The molecule has 0 fully saturated rings. The first-order valence-electron chi connectivity index (χ1n) is 4.44. The van der Waals surface area contributed by atoms with Crippen LogP contribution in [0.2, 0.25) is 0 Å². The molecule has 0 aliphatic heterocycles. The van der Waals surface area contributed by atoms with E-state index < -0.39 is 0 Å². The monoisotopic (exact) mass is 210 g/mol. The summed E-state index contributed by atoms with van der Waals surface area (Å²) in [6.07, 6.45) is 0. The quantitative estimate of drug-likeness (QED) is 0.833. The third-order valence-electron chi connectivity index (χ3n) is 1.99. The van der Waals surface area contributed by atoms with E-state index in [0.717, 1.165) is 0 Å². The summed E-state index contributed by atoms with van der Waals surface area (Å²) in [6.45, 7) is 3.92. The first-order chi connectivity index (χ1) is 6.24. The van der Waals surface area contributed by atoms with E-state index in [1.807, 2.05) is 25.1 Å². The summed E-state index contributed by atoms with van der Waals surface area (Å²) in [5, 5.41) is 11.8. The summed E-state index contributed by atoms with van der Waals surface area (Å²) in [4.78, 5) is 0. The molecule has 0 aliphatic rings. The fourth-order valence-corrected chi connectivity index (χ4v) is 1.25. The molecule has 1 aromatic rings. The van der Waals surface area contributed by atoms with Crippen molar-refractivity contribution in [2.45, 2.75) is 25.9 Å². The molecule has 1 N–H and O–H groups in total. The van der Waals surface area contributed by atoms with Gasteiger partial charge in [-0.3, -0.25) is 5.32 Å². The van der Waals surface area contributed by atoms with Gasteiger partial charge in [-0.25, -0.2) is 0 Å². The minimum absolute atomic E-state index is 0. The van der Waals surface area contributed by atoms with Crippen LogP contribution in [0, 0.1) is 11.3 Å². The van der Waals surface area contributed by atoms with Crippen molar-refractivity contribution >= 4 is 12.4 Å². The molecule has 0 amide bonds. The van der Waals surface area contributed by atoms with Crippen molar-refractivity contribution < 1.29 is 0 Å². The molecule has 1 aromatic carbocycles. The lowest BCUT2D eigenvalue weighted by molar-refractivity contribution is 0.543. The predicted octanol–water partition coefficient (Wildman–Crippen LogP) is 2.67. The lowest BCUT2D eigenvalue weighted by Gasteiger charge is -2.15. The van der Waals surface area contributed by atoms with E-state index in [1.54, 1.807) is 0 Å². The van der Waals surface area contributed by atoms with Crippen LogP contribution in [0.4, 0.5) is 0 Å². The van der Waals surface area contributed by atoms with Gasteiger partial charge < -0.3 is 0 Å². The van der Waals surface area contributed by atoms with Crippen LogP contribution in [0.5, 0.6) is 0 Å². The van der Waals surface area contributed by atoms with Crippen molar-refractivity contribution in [1.82, 2.24) is 5.32 Å². The summed E-state index contributed by atoms with van der Waals surface area (Å²) in [7, 11) is 0. The Kier molecular flexibility index (Phi) is 5.94. The highest BCUT2D eigenvalue weighted by Crippen LogP contribution is 2.11. The SMILES string of the molecule is CC(C#N)N[C@H](C)c1ccccc1.Cl. The van der Waals surface area contributed by atoms with Gasteiger partial charge in [-0.1, -0.05) is 30.3 Å². The molecule has 0 aliphatic carbocycles. The summed E-state index contributed by atoms with van der Waals surface area (Å²) in [5.74, 6) is 0. The number of nitrogens with one attached hydrogen (secondary N) is 1. The van der Waals surface area contributed by atoms with E-state index >= 15 is 0 Å². The average Bonchev–Trinajstić information content (AvgIpc) is 2.19. The van der Waals surface area contributed by atoms with E-state index in [4.69, 9.17) is 5.26 Å². The van der Waals surface area contributed by atoms with Crippen molar-refractivity contribution in [2.75, 3.05) is 0 Å². The van der Waals surface area contributed by atoms with Crippen LogP contribution < -0.4 is 5.32 Å². The van der Waals surface area contributed by atoms with Crippen molar-refractivity contribution in [3.63, 3.8) is 0 Å². The molecule has 2 atom stereocenters.